The van der Waals surface area contributed by atoms with Crippen LogP contribution in [0.2, 0.25) is 0 Å². The fraction of sp³-hybridized carbons (Fsp3) is 0.316. The summed E-state index contributed by atoms with van der Waals surface area (Å²) in [5, 5.41) is 2.77. The number of carbonyl (C=O) groups is 1. The highest BCUT2D eigenvalue weighted by Gasteiger charge is 2.13. The first kappa shape index (κ1) is 19.1. The van der Waals surface area contributed by atoms with E-state index in [-0.39, 0.29) is 10.8 Å². The van der Waals surface area contributed by atoms with Gasteiger partial charge in [-0.2, -0.15) is 0 Å². The molecule has 0 aromatic heterocycles. The van der Waals surface area contributed by atoms with Crippen LogP contribution in [0.4, 0.5) is 5.69 Å². The topological polar surface area (TPSA) is 75.3 Å². The van der Waals surface area contributed by atoms with Gasteiger partial charge in [0, 0.05) is 17.8 Å². The lowest BCUT2D eigenvalue weighted by Crippen LogP contribution is -2.24. The molecule has 0 aliphatic carbocycles. The third-order valence-corrected chi connectivity index (χ3v) is 5.28. The van der Waals surface area contributed by atoms with Crippen molar-refractivity contribution in [2.24, 2.45) is 0 Å². The second-order valence-electron chi connectivity index (χ2n) is 6.15. The molecule has 0 radical (unpaired) electrons. The molecule has 5 nitrogen and oxygen atoms in total. The molecule has 0 unspecified atom stereocenters. The molecule has 25 heavy (non-hydrogen) atoms. The van der Waals surface area contributed by atoms with Gasteiger partial charge in [0.2, 0.25) is 10.0 Å². The molecule has 0 fully saturated rings. The monoisotopic (exact) mass is 360 g/mol. The maximum Gasteiger partial charge on any atom is 0.255 e. The second kappa shape index (κ2) is 8.27. The average Bonchev–Trinajstić information content (AvgIpc) is 2.60. The first-order valence-corrected chi connectivity index (χ1v) is 9.83. The molecule has 2 aromatic rings. The van der Waals surface area contributed by atoms with Crippen LogP contribution in [0.25, 0.3) is 0 Å². The summed E-state index contributed by atoms with van der Waals surface area (Å²) in [6, 6.07) is 13.6. The molecule has 2 rings (SSSR count). The van der Waals surface area contributed by atoms with Crippen LogP contribution in [-0.2, 0) is 10.0 Å². The van der Waals surface area contributed by atoms with Gasteiger partial charge in [-0.05, 0) is 54.3 Å². The minimum atomic E-state index is -3.50. The molecule has 0 aliphatic rings. The van der Waals surface area contributed by atoms with E-state index < -0.39 is 10.0 Å². The third kappa shape index (κ3) is 5.14. The minimum Gasteiger partial charge on any atom is -0.322 e. The van der Waals surface area contributed by atoms with E-state index in [1.165, 1.54) is 17.7 Å². The molecule has 2 aromatic carbocycles. The summed E-state index contributed by atoms with van der Waals surface area (Å²) < 4.78 is 26.6. The summed E-state index contributed by atoms with van der Waals surface area (Å²) in [5.41, 5.74) is 2.28. The number of anilines is 1. The van der Waals surface area contributed by atoms with Crippen molar-refractivity contribution >= 4 is 21.6 Å². The van der Waals surface area contributed by atoms with Crippen molar-refractivity contribution in [2.45, 2.75) is 38.0 Å². The summed E-state index contributed by atoms with van der Waals surface area (Å²) >= 11 is 0. The number of carbonyl (C=O) groups excluding carboxylic acids is 1. The van der Waals surface area contributed by atoms with Gasteiger partial charge in [-0.25, -0.2) is 13.1 Å². The maximum atomic E-state index is 12.3. The van der Waals surface area contributed by atoms with Crippen molar-refractivity contribution in [3.8, 4) is 0 Å². The summed E-state index contributed by atoms with van der Waals surface area (Å²) in [4.78, 5) is 12.5. The van der Waals surface area contributed by atoms with Crippen LogP contribution in [0, 0.1) is 0 Å². The van der Waals surface area contributed by atoms with Gasteiger partial charge in [-0.1, -0.05) is 32.9 Å². The van der Waals surface area contributed by atoms with Crippen molar-refractivity contribution in [2.75, 3.05) is 11.9 Å². The molecule has 0 saturated heterocycles. The predicted octanol–water partition coefficient (Wildman–Crippen LogP) is 3.75. The molecule has 0 bridgehead atoms. The number of hydrogen-bond donors (Lipinski definition) is 2. The Labute approximate surface area is 149 Å². The average molecular weight is 360 g/mol. The van der Waals surface area contributed by atoms with Crippen molar-refractivity contribution in [3.05, 3.63) is 59.7 Å². The highest BCUT2D eigenvalue weighted by Crippen LogP contribution is 2.17. The van der Waals surface area contributed by atoms with Gasteiger partial charge < -0.3 is 5.32 Å². The Morgan fingerprint density at radius 1 is 1.00 bits per heavy atom. The molecular formula is C19H24N2O3S. The number of benzene rings is 2. The lowest BCUT2D eigenvalue weighted by Gasteiger charge is -2.09. The molecule has 0 saturated carbocycles. The largest absolute Gasteiger partial charge is 0.322 e. The Bertz CT molecular complexity index is 811. The SMILES string of the molecule is CCCNS(=O)(=O)c1ccc(NC(=O)c2ccc(C(C)C)cc2)cc1. The van der Waals surface area contributed by atoms with E-state index in [0.717, 1.165) is 6.42 Å². The zero-order valence-electron chi connectivity index (χ0n) is 14.7. The molecular weight excluding hydrogens is 336 g/mol. The fourth-order valence-corrected chi connectivity index (χ4v) is 3.39. The number of sulfonamides is 1. The highest BCUT2D eigenvalue weighted by atomic mass is 32.2. The van der Waals surface area contributed by atoms with Gasteiger partial charge in [0.1, 0.15) is 0 Å². The van der Waals surface area contributed by atoms with Gasteiger partial charge in [0.25, 0.3) is 5.91 Å². The van der Waals surface area contributed by atoms with Gasteiger partial charge in [-0.3, -0.25) is 4.79 Å². The van der Waals surface area contributed by atoms with Crippen LogP contribution in [0.1, 0.15) is 49.0 Å². The number of amides is 1. The van der Waals surface area contributed by atoms with E-state index >= 15 is 0 Å². The molecule has 6 heteroatoms. The van der Waals surface area contributed by atoms with Crippen molar-refractivity contribution in [1.82, 2.24) is 4.72 Å². The Morgan fingerprint density at radius 3 is 2.12 bits per heavy atom. The van der Waals surface area contributed by atoms with E-state index in [1.54, 1.807) is 24.3 Å². The first-order valence-electron chi connectivity index (χ1n) is 8.34. The standard InChI is InChI=1S/C19H24N2O3S/c1-4-13-20-25(23,24)18-11-9-17(10-12-18)21-19(22)16-7-5-15(6-8-16)14(2)3/h5-12,14,20H,4,13H2,1-3H3,(H,21,22). The molecule has 1 amide bonds. The minimum absolute atomic E-state index is 0.181. The highest BCUT2D eigenvalue weighted by molar-refractivity contribution is 7.89. The maximum absolute atomic E-state index is 12.3. The Hall–Kier alpha value is -2.18. The number of nitrogens with one attached hydrogen (secondary N) is 2. The molecule has 0 atom stereocenters. The van der Waals surface area contributed by atoms with Crippen LogP contribution in [-0.4, -0.2) is 20.9 Å². The Morgan fingerprint density at radius 2 is 1.60 bits per heavy atom. The van der Waals surface area contributed by atoms with Gasteiger partial charge >= 0.3 is 0 Å². The van der Waals surface area contributed by atoms with Crippen molar-refractivity contribution in [3.63, 3.8) is 0 Å². The predicted molar refractivity (Wildman–Crippen MR) is 100 cm³/mol. The summed E-state index contributed by atoms with van der Waals surface area (Å²) in [7, 11) is -3.50. The quantitative estimate of drug-likeness (QED) is 0.789. The smallest absolute Gasteiger partial charge is 0.255 e. The van der Waals surface area contributed by atoms with E-state index in [4.69, 9.17) is 0 Å². The van der Waals surface area contributed by atoms with Crippen LogP contribution in [0.15, 0.2) is 53.4 Å². The van der Waals surface area contributed by atoms with Gasteiger partial charge in [-0.15, -0.1) is 0 Å². The first-order chi connectivity index (χ1) is 11.8. The Kier molecular flexibility index (Phi) is 6.33. The molecule has 0 spiro atoms. The Balaban J connectivity index is 2.06. The normalized spacial score (nSPS) is 11.5. The molecule has 2 N–H and O–H groups in total. The van der Waals surface area contributed by atoms with Gasteiger partial charge in [0.15, 0.2) is 0 Å². The lowest BCUT2D eigenvalue weighted by molar-refractivity contribution is 0.102. The van der Waals surface area contributed by atoms with E-state index in [2.05, 4.69) is 23.9 Å². The summed E-state index contributed by atoms with van der Waals surface area (Å²) in [6.45, 7) is 6.49. The third-order valence-electron chi connectivity index (χ3n) is 3.80. The zero-order chi connectivity index (χ0) is 18.4. The number of rotatable bonds is 7. The molecule has 0 heterocycles. The zero-order valence-corrected chi connectivity index (χ0v) is 15.6. The van der Waals surface area contributed by atoms with Crippen molar-refractivity contribution in [1.29, 1.82) is 0 Å². The molecule has 0 aliphatic heterocycles. The van der Waals surface area contributed by atoms with Gasteiger partial charge in [0.05, 0.1) is 4.90 Å². The second-order valence-corrected chi connectivity index (χ2v) is 7.92. The van der Waals surface area contributed by atoms with Crippen LogP contribution < -0.4 is 10.0 Å². The van der Waals surface area contributed by atoms with Crippen molar-refractivity contribution < 1.29 is 13.2 Å². The van der Waals surface area contributed by atoms with E-state index in [9.17, 15) is 13.2 Å². The van der Waals surface area contributed by atoms with Crippen LogP contribution in [0.5, 0.6) is 0 Å². The van der Waals surface area contributed by atoms with E-state index in [0.29, 0.717) is 23.7 Å². The summed E-state index contributed by atoms with van der Waals surface area (Å²) in [5.74, 6) is 0.183. The summed E-state index contributed by atoms with van der Waals surface area (Å²) in [6.07, 6.45) is 0.725. The lowest BCUT2D eigenvalue weighted by atomic mass is 10.0. The van der Waals surface area contributed by atoms with Crippen LogP contribution in [0.3, 0.4) is 0 Å². The molecule has 134 valence electrons. The number of hydrogen-bond acceptors (Lipinski definition) is 3. The van der Waals surface area contributed by atoms with E-state index in [1.807, 2.05) is 19.1 Å². The fourth-order valence-electron chi connectivity index (χ4n) is 2.26. The van der Waals surface area contributed by atoms with Crippen LogP contribution >= 0.6 is 0 Å².